The molecule has 0 amide bonds. The lowest BCUT2D eigenvalue weighted by Crippen LogP contribution is -2.59. The minimum absolute atomic E-state index is 0.0222. The maximum atomic E-state index is 13.5. The molecule has 0 unspecified atom stereocenters. The van der Waals surface area contributed by atoms with Gasteiger partial charge < -0.3 is 28.8 Å². The summed E-state index contributed by atoms with van der Waals surface area (Å²) >= 11 is 0. The van der Waals surface area contributed by atoms with Gasteiger partial charge in [-0.3, -0.25) is 9.59 Å². The van der Waals surface area contributed by atoms with Crippen LogP contribution in [-0.2, 0) is 33.3 Å². The Hall–Kier alpha value is -1.06. The summed E-state index contributed by atoms with van der Waals surface area (Å²) in [6.45, 7) is 11.0. The number of rotatable bonds is 6. The average Bonchev–Trinajstić information content (AvgIpc) is 3.33. The molecule has 9 atom stereocenters. The van der Waals surface area contributed by atoms with E-state index < -0.39 is 53.4 Å². The zero-order chi connectivity index (χ0) is 27.3. The average molecular weight is 515 g/mol. The number of carbonyl (C=O) groups is 2. The van der Waals surface area contributed by atoms with Crippen LogP contribution in [0.3, 0.4) is 0 Å². The Bertz CT molecular complexity index is 718. The number of hydrogen-bond donors (Lipinski definition) is 1. The van der Waals surface area contributed by atoms with Gasteiger partial charge in [-0.25, -0.2) is 0 Å². The second-order valence-electron chi connectivity index (χ2n) is 11.3. The van der Waals surface area contributed by atoms with Crippen LogP contribution in [0.25, 0.3) is 0 Å². The normalized spacial score (nSPS) is 42.2. The van der Waals surface area contributed by atoms with E-state index in [0.717, 1.165) is 25.7 Å². The van der Waals surface area contributed by atoms with E-state index in [4.69, 9.17) is 23.7 Å². The van der Waals surface area contributed by atoms with Crippen LogP contribution in [0.2, 0.25) is 0 Å². The Balaban J connectivity index is 2.57. The van der Waals surface area contributed by atoms with Crippen LogP contribution in [0, 0.1) is 17.8 Å². The molecule has 1 saturated heterocycles. The third-order valence-electron chi connectivity index (χ3n) is 8.65. The molecule has 210 valence electrons. The van der Waals surface area contributed by atoms with E-state index >= 15 is 0 Å². The minimum atomic E-state index is -1.31. The summed E-state index contributed by atoms with van der Waals surface area (Å²) in [6.07, 6.45) is 2.45. The first-order valence-electron chi connectivity index (χ1n) is 13.6. The van der Waals surface area contributed by atoms with Crippen molar-refractivity contribution in [2.75, 3.05) is 21.3 Å². The quantitative estimate of drug-likeness (QED) is 0.529. The molecule has 1 aliphatic carbocycles. The molecule has 2 aliphatic rings. The Morgan fingerprint density at radius 3 is 2.03 bits per heavy atom. The van der Waals surface area contributed by atoms with Crippen LogP contribution in [0.4, 0.5) is 0 Å². The highest BCUT2D eigenvalue weighted by atomic mass is 16.6. The first kappa shape index (κ1) is 31.2. The van der Waals surface area contributed by atoms with Gasteiger partial charge >= 0.3 is 5.97 Å². The SMILES string of the molecule is CC[C@H]1OC(=O)[C@H](C)[C@@H](OC)[C@H](C)[C@@H](OC)[C@](C)(O)CCC(=O)[C@H](C)[C@@H](OC)[C@]1(C)OC1CCCC1. The molecular weight excluding hydrogens is 464 g/mol. The Morgan fingerprint density at radius 2 is 1.53 bits per heavy atom. The molecule has 0 spiro atoms. The summed E-state index contributed by atoms with van der Waals surface area (Å²) < 4.78 is 30.3. The third-order valence-corrected chi connectivity index (χ3v) is 8.65. The number of ketones is 1. The van der Waals surface area contributed by atoms with Gasteiger partial charge in [-0.15, -0.1) is 0 Å². The number of methoxy groups -OCH3 is 3. The molecule has 8 nitrogen and oxygen atoms in total. The predicted molar refractivity (Wildman–Crippen MR) is 137 cm³/mol. The molecule has 0 aromatic carbocycles. The van der Waals surface area contributed by atoms with Gasteiger partial charge in [-0.2, -0.15) is 0 Å². The lowest BCUT2D eigenvalue weighted by atomic mass is 9.76. The molecule has 2 fully saturated rings. The molecule has 0 radical (unpaired) electrons. The van der Waals surface area contributed by atoms with Gasteiger partial charge in [0.2, 0.25) is 0 Å². The van der Waals surface area contributed by atoms with Crippen LogP contribution in [0.15, 0.2) is 0 Å². The molecule has 2 rings (SSSR count). The van der Waals surface area contributed by atoms with Crippen molar-refractivity contribution in [3.05, 3.63) is 0 Å². The molecule has 1 aliphatic heterocycles. The summed E-state index contributed by atoms with van der Waals surface area (Å²) in [5, 5.41) is 11.4. The van der Waals surface area contributed by atoms with E-state index in [1.54, 1.807) is 28.1 Å². The van der Waals surface area contributed by atoms with Crippen LogP contribution in [0.5, 0.6) is 0 Å². The number of Topliss-reactive ketones (excluding diaryl/α,β-unsaturated/α-hetero) is 1. The number of esters is 1. The van der Waals surface area contributed by atoms with Gasteiger partial charge in [0.15, 0.2) is 0 Å². The summed E-state index contributed by atoms with van der Waals surface area (Å²) in [5.41, 5.74) is -2.34. The van der Waals surface area contributed by atoms with E-state index in [-0.39, 0.29) is 30.6 Å². The molecule has 0 aromatic rings. The second-order valence-corrected chi connectivity index (χ2v) is 11.3. The number of carbonyl (C=O) groups excluding carboxylic acids is 2. The first-order valence-corrected chi connectivity index (χ1v) is 13.6. The Kier molecular flexibility index (Phi) is 11.4. The molecule has 0 aromatic heterocycles. The maximum absolute atomic E-state index is 13.5. The highest BCUT2D eigenvalue weighted by Crippen LogP contribution is 2.39. The van der Waals surface area contributed by atoms with Crippen molar-refractivity contribution in [3.63, 3.8) is 0 Å². The topological polar surface area (TPSA) is 101 Å². The van der Waals surface area contributed by atoms with Gasteiger partial charge in [0.1, 0.15) is 17.5 Å². The smallest absolute Gasteiger partial charge is 0.311 e. The van der Waals surface area contributed by atoms with Crippen molar-refractivity contribution >= 4 is 11.8 Å². The fourth-order valence-electron chi connectivity index (χ4n) is 6.61. The lowest BCUT2D eigenvalue weighted by Gasteiger charge is -2.46. The van der Waals surface area contributed by atoms with Gasteiger partial charge in [-0.05, 0) is 46.5 Å². The number of hydrogen-bond acceptors (Lipinski definition) is 8. The third kappa shape index (κ3) is 6.68. The lowest BCUT2D eigenvalue weighted by molar-refractivity contribution is -0.228. The van der Waals surface area contributed by atoms with Crippen molar-refractivity contribution in [3.8, 4) is 0 Å². The Labute approximate surface area is 217 Å². The monoisotopic (exact) mass is 514 g/mol. The molecular formula is C28H50O8. The summed E-state index contributed by atoms with van der Waals surface area (Å²) in [7, 11) is 4.65. The molecule has 1 heterocycles. The summed E-state index contributed by atoms with van der Waals surface area (Å²) in [4.78, 5) is 27.0. The molecule has 8 heteroatoms. The van der Waals surface area contributed by atoms with Gasteiger partial charge in [0.25, 0.3) is 0 Å². The van der Waals surface area contributed by atoms with Crippen molar-refractivity contribution in [1.29, 1.82) is 0 Å². The van der Waals surface area contributed by atoms with E-state index in [2.05, 4.69) is 0 Å². The fourth-order valence-corrected chi connectivity index (χ4v) is 6.61. The van der Waals surface area contributed by atoms with Gasteiger partial charge in [0, 0.05) is 39.6 Å². The number of ether oxygens (including phenoxy) is 5. The predicted octanol–water partition coefficient (Wildman–Crippen LogP) is 4.09. The van der Waals surface area contributed by atoms with Crippen molar-refractivity contribution in [2.24, 2.45) is 17.8 Å². The van der Waals surface area contributed by atoms with Crippen molar-refractivity contribution in [2.45, 2.75) is 128 Å². The van der Waals surface area contributed by atoms with E-state index in [9.17, 15) is 14.7 Å². The van der Waals surface area contributed by atoms with Gasteiger partial charge in [-0.1, -0.05) is 33.6 Å². The van der Waals surface area contributed by atoms with Crippen molar-refractivity contribution < 1.29 is 38.4 Å². The van der Waals surface area contributed by atoms with Gasteiger partial charge in [0.05, 0.1) is 35.9 Å². The first-order chi connectivity index (χ1) is 16.9. The van der Waals surface area contributed by atoms with Crippen LogP contribution < -0.4 is 0 Å². The van der Waals surface area contributed by atoms with E-state index in [1.165, 1.54) is 7.11 Å². The molecule has 36 heavy (non-hydrogen) atoms. The highest BCUT2D eigenvalue weighted by molar-refractivity contribution is 5.81. The summed E-state index contributed by atoms with van der Waals surface area (Å²) in [5.74, 6) is -1.95. The maximum Gasteiger partial charge on any atom is 0.311 e. The molecule has 0 bridgehead atoms. The zero-order valence-corrected chi connectivity index (χ0v) is 23.9. The van der Waals surface area contributed by atoms with Crippen LogP contribution in [0.1, 0.15) is 86.5 Å². The zero-order valence-electron chi connectivity index (χ0n) is 23.9. The van der Waals surface area contributed by atoms with E-state index in [1.807, 2.05) is 27.7 Å². The summed E-state index contributed by atoms with van der Waals surface area (Å²) in [6, 6.07) is 0. The fraction of sp³-hybridized carbons (Fsp3) is 0.929. The minimum Gasteiger partial charge on any atom is -0.459 e. The van der Waals surface area contributed by atoms with Crippen LogP contribution in [-0.4, -0.2) is 79.9 Å². The molecule has 1 N–H and O–H groups in total. The Morgan fingerprint density at radius 1 is 0.944 bits per heavy atom. The van der Waals surface area contributed by atoms with Crippen molar-refractivity contribution in [1.82, 2.24) is 0 Å². The standard InChI is InChI=1S/C28H50O8/c1-10-22-28(6,36-20-13-11-12-14-20)25(34-9)17(2)21(29)15-16-27(5,31)24(33-8)18(3)23(32-7)19(4)26(30)35-22/h17-20,22-25,31H,10-16H2,1-9H3/t17-,18-,19+,22+,23-,24+,25+,27+,28+/m0/s1. The largest absolute Gasteiger partial charge is 0.459 e. The van der Waals surface area contributed by atoms with Crippen LogP contribution >= 0.6 is 0 Å². The van der Waals surface area contributed by atoms with E-state index in [0.29, 0.717) is 6.42 Å². The second kappa shape index (κ2) is 13.1. The number of aliphatic hydroxyl groups is 1. The molecule has 1 saturated carbocycles. The number of cyclic esters (lactones) is 1. The highest BCUT2D eigenvalue weighted by Gasteiger charge is 2.51.